The van der Waals surface area contributed by atoms with Crippen LogP contribution in [0.3, 0.4) is 0 Å². The Morgan fingerprint density at radius 1 is 1.00 bits per heavy atom. The van der Waals surface area contributed by atoms with Gasteiger partial charge in [-0.2, -0.15) is 0 Å². The van der Waals surface area contributed by atoms with Crippen LogP contribution in [0.2, 0.25) is 0 Å². The van der Waals surface area contributed by atoms with Crippen molar-refractivity contribution in [3.8, 4) is 22.6 Å². The first-order valence-corrected chi connectivity index (χ1v) is 11.1. The lowest BCUT2D eigenvalue weighted by Gasteiger charge is -2.15. The minimum Gasteiger partial charge on any atom is -0.454 e. The predicted octanol–water partition coefficient (Wildman–Crippen LogP) is 4.68. The van der Waals surface area contributed by atoms with Gasteiger partial charge in [-0.15, -0.1) is 10.2 Å². The van der Waals surface area contributed by atoms with Gasteiger partial charge in [0.05, 0.1) is 5.75 Å². The van der Waals surface area contributed by atoms with Crippen molar-refractivity contribution < 1.29 is 26.3 Å². The fourth-order valence-corrected chi connectivity index (χ4v) is 3.68. The molecule has 4 aromatic rings. The summed E-state index contributed by atoms with van der Waals surface area (Å²) in [5, 5.41) is 7.61. The molecule has 0 aliphatic heterocycles. The maximum Gasteiger partial charge on any atom is 0.232 e. The molecule has 0 atom stereocenters. The van der Waals surface area contributed by atoms with Crippen molar-refractivity contribution in [1.82, 2.24) is 14.6 Å². The molecule has 0 saturated heterocycles. The molecule has 32 heavy (non-hydrogen) atoms. The van der Waals surface area contributed by atoms with E-state index in [-0.39, 0.29) is 34.1 Å². The molecule has 0 aliphatic rings. The van der Waals surface area contributed by atoms with Crippen LogP contribution in [-0.2, 0) is 10.0 Å². The summed E-state index contributed by atoms with van der Waals surface area (Å²) in [6.07, 6.45) is 1.55. The van der Waals surface area contributed by atoms with Crippen molar-refractivity contribution in [3.63, 3.8) is 0 Å². The number of hydrogen-bond acceptors (Lipinski definition) is 5. The quantitative estimate of drug-likeness (QED) is 0.450. The van der Waals surface area contributed by atoms with E-state index in [2.05, 4.69) is 14.9 Å². The summed E-state index contributed by atoms with van der Waals surface area (Å²) in [5.74, 6) is -2.24. The lowest BCUT2D eigenvalue weighted by atomic mass is 10.1. The molecule has 0 fully saturated rings. The highest BCUT2D eigenvalue weighted by atomic mass is 32.2. The molecule has 166 valence electrons. The Morgan fingerprint density at radius 2 is 1.75 bits per heavy atom. The number of nitrogens with one attached hydrogen (secondary N) is 1. The molecular formula is C21H17F3N4O3S. The number of nitrogens with zero attached hydrogens (tertiary/aromatic N) is 3. The zero-order valence-corrected chi connectivity index (χ0v) is 17.8. The number of fused-ring (bicyclic) bond motifs is 1. The van der Waals surface area contributed by atoms with Crippen LogP contribution in [0.4, 0.5) is 18.9 Å². The Morgan fingerprint density at radius 3 is 2.47 bits per heavy atom. The minimum absolute atomic E-state index is 0.0149. The van der Waals surface area contributed by atoms with Crippen LogP contribution in [0, 0.1) is 24.4 Å². The van der Waals surface area contributed by atoms with Crippen LogP contribution in [0.15, 0.2) is 48.7 Å². The molecule has 2 heterocycles. The van der Waals surface area contributed by atoms with Crippen LogP contribution in [0.1, 0.15) is 12.7 Å². The van der Waals surface area contributed by atoms with Crippen LogP contribution >= 0.6 is 0 Å². The summed E-state index contributed by atoms with van der Waals surface area (Å²) in [5.41, 5.74) is 0.780. The number of aryl methyl sites for hydroxylation is 1. The van der Waals surface area contributed by atoms with Gasteiger partial charge in [-0.3, -0.25) is 9.12 Å². The number of rotatable bonds is 6. The van der Waals surface area contributed by atoms with Crippen molar-refractivity contribution in [3.05, 3.63) is 71.9 Å². The normalized spacial score (nSPS) is 11.7. The molecule has 2 aromatic carbocycles. The SMILES string of the molecule is CCS(=O)(=O)Nc1ccc(Oc2ccc(F)cc2F)c(-c2cc(F)c3nnc(C)n3c2)c1. The van der Waals surface area contributed by atoms with Gasteiger partial charge in [0, 0.05) is 29.1 Å². The zero-order valence-electron chi connectivity index (χ0n) is 16.9. The highest BCUT2D eigenvalue weighted by Crippen LogP contribution is 2.37. The summed E-state index contributed by atoms with van der Waals surface area (Å²) >= 11 is 0. The molecule has 0 aliphatic carbocycles. The van der Waals surface area contributed by atoms with Gasteiger partial charge >= 0.3 is 0 Å². The molecule has 4 rings (SSSR count). The molecule has 0 saturated carbocycles. The largest absolute Gasteiger partial charge is 0.454 e. The van der Waals surface area contributed by atoms with E-state index in [4.69, 9.17) is 4.74 Å². The van der Waals surface area contributed by atoms with Gasteiger partial charge < -0.3 is 4.74 Å². The second-order valence-electron chi connectivity index (χ2n) is 6.91. The van der Waals surface area contributed by atoms with E-state index < -0.39 is 27.5 Å². The second kappa shape index (κ2) is 8.15. The Bertz CT molecular complexity index is 1440. The molecule has 0 bridgehead atoms. The number of aromatic nitrogens is 3. The number of hydrogen-bond donors (Lipinski definition) is 1. The van der Waals surface area contributed by atoms with Gasteiger partial charge in [0.1, 0.15) is 17.4 Å². The number of ether oxygens (including phenoxy) is 1. The summed E-state index contributed by atoms with van der Waals surface area (Å²) in [6.45, 7) is 3.12. The lowest BCUT2D eigenvalue weighted by Crippen LogP contribution is -2.14. The molecule has 2 aromatic heterocycles. The van der Waals surface area contributed by atoms with E-state index in [0.717, 1.165) is 12.1 Å². The van der Waals surface area contributed by atoms with Crippen molar-refractivity contribution in [1.29, 1.82) is 0 Å². The van der Waals surface area contributed by atoms with Gasteiger partial charge in [0.25, 0.3) is 0 Å². The number of sulfonamides is 1. The summed E-state index contributed by atoms with van der Waals surface area (Å²) < 4.78 is 75.6. The summed E-state index contributed by atoms with van der Waals surface area (Å²) in [4.78, 5) is 0. The predicted molar refractivity (Wildman–Crippen MR) is 113 cm³/mol. The number of halogens is 3. The first kappa shape index (κ1) is 21.6. The third kappa shape index (κ3) is 4.24. The highest BCUT2D eigenvalue weighted by Gasteiger charge is 2.17. The van der Waals surface area contributed by atoms with Crippen LogP contribution in [-0.4, -0.2) is 28.8 Å². The van der Waals surface area contributed by atoms with Gasteiger partial charge in [-0.1, -0.05) is 0 Å². The molecule has 11 heteroatoms. The van der Waals surface area contributed by atoms with E-state index in [1.54, 1.807) is 13.1 Å². The van der Waals surface area contributed by atoms with E-state index >= 15 is 0 Å². The van der Waals surface area contributed by atoms with Gasteiger partial charge in [-0.25, -0.2) is 21.6 Å². The molecule has 0 spiro atoms. The monoisotopic (exact) mass is 462 g/mol. The van der Waals surface area contributed by atoms with Crippen LogP contribution in [0.5, 0.6) is 11.5 Å². The minimum atomic E-state index is -3.59. The van der Waals surface area contributed by atoms with E-state index in [1.165, 1.54) is 35.6 Å². The average Bonchev–Trinajstić information content (AvgIpc) is 3.12. The Hall–Kier alpha value is -3.60. The first-order chi connectivity index (χ1) is 15.2. The fourth-order valence-electron chi connectivity index (χ4n) is 3.05. The maximum atomic E-state index is 14.7. The smallest absolute Gasteiger partial charge is 0.232 e. The number of benzene rings is 2. The Kier molecular flexibility index (Phi) is 5.51. The average molecular weight is 462 g/mol. The van der Waals surface area contributed by atoms with Crippen molar-refractivity contribution in [2.75, 3.05) is 10.5 Å². The fraction of sp³-hybridized carbons (Fsp3) is 0.143. The van der Waals surface area contributed by atoms with Gasteiger partial charge in [0.2, 0.25) is 10.0 Å². The standard InChI is InChI=1S/C21H17F3N4O3S/c1-3-32(29,30)27-15-5-7-19(31-20-6-4-14(22)9-17(20)23)16(10-15)13-8-18(24)21-26-25-12(2)28(21)11-13/h4-11,27H,3H2,1-2H3. The van der Waals surface area contributed by atoms with Gasteiger partial charge in [0.15, 0.2) is 23.0 Å². The Balaban J connectivity index is 1.87. The third-order valence-electron chi connectivity index (χ3n) is 4.69. The van der Waals surface area contributed by atoms with Crippen molar-refractivity contribution >= 4 is 21.4 Å². The van der Waals surface area contributed by atoms with Crippen LogP contribution < -0.4 is 9.46 Å². The molecular weight excluding hydrogens is 445 g/mol. The highest BCUT2D eigenvalue weighted by molar-refractivity contribution is 7.92. The molecule has 7 nitrogen and oxygen atoms in total. The molecule has 1 N–H and O–H groups in total. The molecule has 0 unspecified atom stereocenters. The lowest BCUT2D eigenvalue weighted by molar-refractivity contribution is 0.439. The first-order valence-electron chi connectivity index (χ1n) is 9.45. The van der Waals surface area contributed by atoms with Crippen molar-refractivity contribution in [2.24, 2.45) is 0 Å². The maximum absolute atomic E-state index is 14.7. The summed E-state index contributed by atoms with van der Waals surface area (Å²) in [7, 11) is -3.59. The number of anilines is 1. The Labute approximate surface area is 181 Å². The third-order valence-corrected chi connectivity index (χ3v) is 5.99. The topological polar surface area (TPSA) is 85.6 Å². The molecule has 0 radical (unpaired) electrons. The van der Waals surface area contributed by atoms with E-state index in [1.807, 2.05) is 0 Å². The van der Waals surface area contributed by atoms with E-state index in [0.29, 0.717) is 17.5 Å². The summed E-state index contributed by atoms with van der Waals surface area (Å²) in [6, 6.07) is 8.28. The zero-order chi connectivity index (χ0) is 23.0. The second-order valence-corrected chi connectivity index (χ2v) is 8.92. The number of pyridine rings is 1. The van der Waals surface area contributed by atoms with Crippen molar-refractivity contribution in [2.45, 2.75) is 13.8 Å². The van der Waals surface area contributed by atoms with E-state index in [9.17, 15) is 21.6 Å². The molecule has 0 amide bonds. The van der Waals surface area contributed by atoms with Crippen LogP contribution in [0.25, 0.3) is 16.8 Å². The van der Waals surface area contributed by atoms with Gasteiger partial charge in [-0.05, 0) is 50.2 Å².